The highest BCUT2D eigenvalue weighted by atomic mass is 16.5. The van der Waals surface area contributed by atoms with E-state index < -0.39 is 0 Å². The van der Waals surface area contributed by atoms with Crippen LogP contribution in [0.1, 0.15) is 5.76 Å². The van der Waals surface area contributed by atoms with Crippen LogP contribution in [0.5, 0.6) is 23.0 Å². The summed E-state index contributed by atoms with van der Waals surface area (Å²) in [4.78, 5) is 0. The van der Waals surface area contributed by atoms with Gasteiger partial charge in [0.25, 0.3) is 0 Å². The van der Waals surface area contributed by atoms with Gasteiger partial charge in [-0.25, -0.2) is 4.42 Å². The van der Waals surface area contributed by atoms with Crippen LogP contribution >= 0.6 is 0 Å². The largest absolute Gasteiger partial charge is 0.493 e. The Labute approximate surface area is 159 Å². The molecule has 0 unspecified atom stereocenters. The van der Waals surface area contributed by atoms with Gasteiger partial charge in [-0.3, -0.25) is 0 Å². The van der Waals surface area contributed by atoms with Gasteiger partial charge in [0, 0.05) is 17.7 Å². The number of hydrogen-bond acceptors (Lipinski definition) is 4. The molecule has 0 aliphatic carbocycles. The van der Waals surface area contributed by atoms with E-state index in [4.69, 9.17) is 23.4 Å². The third-order valence-electron chi connectivity index (χ3n) is 4.30. The van der Waals surface area contributed by atoms with E-state index in [0.717, 1.165) is 28.2 Å². The second-order valence-electron chi connectivity index (χ2n) is 5.96. The van der Waals surface area contributed by atoms with E-state index in [0.29, 0.717) is 23.0 Å². The van der Waals surface area contributed by atoms with Crippen LogP contribution in [-0.4, -0.2) is 28.4 Å². The maximum absolute atomic E-state index is 5.95. The standard InChI is InChI=1S/C22H23O5/c1-14-10-17(15-6-8-18(23-2)21(11-15)25-4)13-20(27-14)16-7-9-19(24-3)22(12-16)26-5/h6-13H,1-5H3/q+1. The molecule has 1 aromatic heterocycles. The summed E-state index contributed by atoms with van der Waals surface area (Å²) in [6.45, 7) is 1.93. The van der Waals surface area contributed by atoms with Crippen molar-refractivity contribution in [3.8, 4) is 45.4 Å². The molecule has 0 amide bonds. The van der Waals surface area contributed by atoms with Crippen molar-refractivity contribution in [1.29, 1.82) is 0 Å². The minimum Gasteiger partial charge on any atom is -0.493 e. The molecule has 27 heavy (non-hydrogen) atoms. The van der Waals surface area contributed by atoms with Crippen LogP contribution in [0, 0.1) is 6.92 Å². The molecule has 0 fully saturated rings. The molecule has 5 nitrogen and oxygen atoms in total. The molecule has 3 rings (SSSR count). The molecule has 0 N–H and O–H groups in total. The lowest BCUT2D eigenvalue weighted by Gasteiger charge is -2.09. The highest BCUT2D eigenvalue weighted by molar-refractivity contribution is 5.72. The lowest BCUT2D eigenvalue weighted by molar-refractivity contribution is 0.355. The maximum Gasteiger partial charge on any atom is 0.360 e. The molecule has 0 saturated carbocycles. The zero-order valence-electron chi connectivity index (χ0n) is 16.2. The molecule has 0 spiro atoms. The summed E-state index contributed by atoms with van der Waals surface area (Å²) < 4.78 is 27.4. The molecule has 0 radical (unpaired) electrons. The second kappa shape index (κ2) is 7.99. The van der Waals surface area contributed by atoms with Gasteiger partial charge in [-0.1, -0.05) is 6.07 Å². The Kier molecular flexibility index (Phi) is 5.50. The van der Waals surface area contributed by atoms with Crippen LogP contribution in [0.25, 0.3) is 22.5 Å². The molecule has 0 bridgehead atoms. The summed E-state index contributed by atoms with van der Waals surface area (Å²) in [5, 5.41) is 0. The Morgan fingerprint density at radius 1 is 0.556 bits per heavy atom. The van der Waals surface area contributed by atoms with Crippen LogP contribution in [0.2, 0.25) is 0 Å². The summed E-state index contributed by atoms with van der Waals surface area (Å²) in [5.41, 5.74) is 2.93. The summed E-state index contributed by atoms with van der Waals surface area (Å²) >= 11 is 0. The van der Waals surface area contributed by atoms with Gasteiger partial charge in [0.15, 0.2) is 23.0 Å². The Bertz CT molecular complexity index is 876. The molecule has 0 aliphatic heterocycles. The fraction of sp³-hybridized carbons (Fsp3) is 0.227. The number of methoxy groups -OCH3 is 4. The molecule has 0 aliphatic rings. The van der Waals surface area contributed by atoms with Gasteiger partial charge in [0.05, 0.1) is 47.0 Å². The van der Waals surface area contributed by atoms with Crippen molar-refractivity contribution in [2.75, 3.05) is 28.4 Å². The number of benzene rings is 2. The van der Waals surface area contributed by atoms with Crippen molar-refractivity contribution in [3.05, 3.63) is 54.3 Å². The van der Waals surface area contributed by atoms with Gasteiger partial charge >= 0.3 is 11.5 Å². The van der Waals surface area contributed by atoms with E-state index in [2.05, 4.69) is 0 Å². The van der Waals surface area contributed by atoms with Crippen molar-refractivity contribution >= 4 is 0 Å². The molecule has 1 heterocycles. The van der Waals surface area contributed by atoms with Crippen LogP contribution in [0.15, 0.2) is 52.9 Å². The number of hydrogen-bond donors (Lipinski definition) is 0. The average molecular weight is 367 g/mol. The summed E-state index contributed by atoms with van der Waals surface area (Å²) in [5.74, 6) is 4.24. The van der Waals surface area contributed by atoms with Crippen molar-refractivity contribution in [2.24, 2.45) is 0 Å². The van der Waals surface area contributed by atoms with E-state index in [1.165, 1.54) is 0 Å². The second-order valence-corrected chi connectivity index (χ2v) is 5.96. The molecule has 0 atom stereocenters. The molecule has 3 aromatic rings. The van der Waals surface area contributed by atoms with Crippen molar-refractivity contribution < 1.29 is 23.4 Å². The number of ether oxygens (including phenoxy) is 4. The van der Waals surface area contributed by atoms with Gasteiger partial charge in [0.1, 0.15) is 0 Å². The Morgan fingerprint density at radius 3 is 1.63 bits per heavy atom. The van der Waals surface area contributed by atoms with Gasteiger partial charge in [0.2, 0.25) is 0 Å². The van der Waals surface area contributed by atoms with Crippen molar-refractivity contribution in [2.45, 2.75) is 6.92 Å². The molecule has 5 heteroatoms. The number of rotatable bonds is 6. The molecule has 140 valence electrons. The minimum absolute atomic E-state index is 0.652. The van der Waals surface area contributed by atoms with Crippen LogP contribution < -0.4 is 18.9 Å². The van der Waals surface area contributed by atoms with E-state index in [-0.39, 0.29) is 0 Å². The van der Waals surface area contributed by atoms with Crippen LogP contribution in [-0.2, 0) is 0 Å². The van der Waals surface area contributed by atoms with Crippen LogP contribution in [0.3, 0.4) is 0 Å². The van der Waals surface area contributed by atoms with Gasteiger partial charge in [-0.05, 0) is 29.8 Å². The first-order valence-electron chi connectivity index (χ1n) is 8.49. The highest BCUT2D eigenvalue weighted by Crippen LogP contribution is 2.36. The first-order valence-corrected chi connectivity index (χ1v) is 8.49. The molecule has 0 saturated heterocycles. The van der Waals surface area contributed by atoms with Crippen molar-refractivity contribution in [3.63, 3.8) is 0 Å². The predicted octanol–water partition coefficient (Wildman–Crippen LogP) is 5.24. The first kappa shape index (κ1) is 18.6. The zero-order chi connectivity index (χ0) is 19.4. The average Bonchev–Trinajstić information content (AvgIpc) is 2.72. The van der Waals surface area contributed by atoms with Gasteiger partial charge < -0.3 is 18.9 Å². The summed E-state index contributed by atoms with van der Waals surface area (Å²) in [6, 6.07) is 15.5. The van der Waals surface area contributed by atoms with Crippen molar-refractivity contribution in [1.82, 2.24) is 0 Å². The fourth-order valence-electron chi connectivity index (χ4n) is 2.95. The van der Waals surface area contributed by atoms with Gasteiger partial charge in [-0.15, -0.1) is 0 Å². The zero-order valence-corrected chi connectivity index (χ0v) is 16.2. The molecular weight excluding hydrogens is 344 g/mol. The first-order chi connectivity index (χ1) is 13.1. The minimum atomic E-state index is 0.652. The maximum atomic E-state index is 5.95. The summed E-state index contributed by atoms with van der Waals surface area (Å²) in [7, 11) is 6.48. The predicted molar refractivity (Wildman–Crippen MR) is 105 cm³/mol. The van der Waals surface area contributed by atoms with E-state index in [9.17, 15) is 0 Å². The topological polar surface area (TPSA) is 48.2 Å². The highest BCUT2D eigenvalue weighted by Gasteiger charge is 2.19. The Morgan fingerprint density at radius 2 is 1.07 bits per heavy atom. The lowest BCUT2D eigenvalue weighted by Crippen LogP contribution is -1.92. The van der Waals surface area contributed by atoms with E-state index >= 15 is 0 Å². The normalized spacial score (nSPS) is 10.4. The number of aryl methyl sites for hydroxylation is 1. The SMILES string of the molecule is COc1ccc(-c2cc(C)[o+]c(-c3ccc(OC)c(OC)c3)c2)cc1OC. The van der Waals surface area contributed by atoms with Crippen LogP contribution in [0.4, 0.5) is 0 Å². The molecular formula is C22H23O5+. The Hall–Kier alpha value is -3.21. The lowest BCUT2D eigenvalue weighted by atomic mass is 10.0. The Balaban J connectivity index is 2.08. The van der Waals surface area contributed by atoms with E-state index in [1.54, 1.807) is 28.4 Å². The molecule has 2 aromatic carbocycles. The third kappa shape index (κ3) is 3.82. The van der Waals surface area contributed by atoms with E-state index in [1.807, 2.05) is 55.5 Å². The fourth-order valence-corrected chi connectivity index (χ4v) is 2.95. The summed E-state index contributed by atoms with van der Waals surface area (Å²) in [6.07, 6.45) is 0. The quantitative estimate of drug-likeness (QED) is 0.558. The van der Waals surface area contributed by atoms with Gasteiger partial charge in [-0.2, -0.15) is 0 Å². The third-order valence-corrected chi connectivity index (χ3v) is 4.30. The monoisotopic (exact) mass is 367 g/mol. The smallest absolute Gasteiger partial charge is 0.360 e.